The van der Waals surface area contributed by atoms with E-state index in [1.165, 1.54) is 50.7 Å². The van der Waals surface area contributed by atoms with Crippen molar-refractivity contribution in [3.05, 3.63) is 29.1 Å². The van der Waals surface area contributed by atoms with Crippen LogP contribution >= 0.6 is 0 Å². The number of β-amino-alcohol motifs (C(OH)–C–C–N with tert-alkyl or cyclic N) is 1. The van der Waals surface area contributed by atoms with Gasteiger partial charge in [0.2, 0.25) is 10.0 Å². The van der Waals surface area contributed by atoms with Crippen molar-refractivity contribution >= 4 is 15.8 Å². The number of ether oxygens (including phenoxy) is 1. The quantitative estimate of drug-likeness (QED) is 0.580. The lowest BCUT2D eigenvalue weighted by Gasteiger charge is -2.56. The van der Waals surface area contributed by atoms with Gasteiger partial charge in [-0.3, -0.25) is 4.79 Å². The van der Waals surface area contributed by atoms with Gasteiger partial charge in [-0.1, -0.05) is 0 Å². The molecule has 180 valence electrons. The molecule has 6 nitrogen and oxygen atoms in total. The monoisotopic (exact) mass is 477 g/mol. The second-order valence-electron chi connectivity index (χ2n) is 11.5. The first-order chi connectivity index (χ1) is 15.7. The standard InChI is InChI=1S/C25H32FNO5S/c26-22-7-24(32-14-25-8-15-3-16(9-25)5-17(4-15)10-25)20(18-1-2-18)6-21(22)23(29)13-33(30,31)27-11-19(28)12-27/h6-7,15-19,28H,1-5,8-14H2. The fourth-order valence-electron chi connectivity index (χ4n) is 7.30. The molecule has 33 heavy (non-hydrogen) atoms. The number of ketones is 1. The third-order valence-electron chi connectivity index (χ3n) is 8.65. The van der Waals surface area contributed by atoms with Gasteiger partial charge in [0.15, 0.2) is 5.78 Å². The Bertz CT molecular complexity index is 1040. The molecule has 7 rings (SSSR count). The number of hydrogen-bond donors (Lipinski definition) is 1. The second kappa shape index (κ2) is 7.75. The smallest absolute Gasteiger partial charge is 0.221 e. The van der Waals surface area contributed by atoms with Crippen LogP contribution in [-0.4, -0.2) is 55.2 Å². The first-order valence-corrected chi connectivity index (χ1v) is 14.0. The normalized spacial score (nSPS) is 33.8. The second-order valence-corrected chi connectivity index (χ2v) is 13.5. The van der Waals surface area contributed by atoms with Crippen LogP contribution < -0.4 is 4.74 Å². The number of aliphatic hydroxyl groups excluding tert-OH is 1. The van der Waals surface area contributed by atoms with Crippen LogP contribution in [0.25, 0.3) is 0 Å². The summed E-state index contributed by atoms with van der Waals surface area (Å²) in [4.78, 5) is 12.8. The first-order valence-electron chi connectivity index (χ1n) is 12.3. The number of halogens is 1. The molecule has 0 spiro atoms. The number of carbonyl (C=O) groups is 1. The molecule has 6 aliphatic rings. The molecule has 1 aromatic rings. The summed E-state index contributed by atoms with van der Waals surface area (Å²) in [5.74, 6) is 0.958. The van der Waals surface area contributed by atoms with Crippen LogP contribution in [-0.2, 0) is 10.0 Å². The fraction of sp³-hybridized carbons (Fsp3) is 0.720. The topological polar surface area (TPSA) is 83.9 Å². The molecule has 1 saturated heterocycles. The minimum Gasteiger partial charge on any atom is -0.493 e. The maximum atomic E-state index is 15.0. The van der Waals surface area contributed by atoms with Crippen molar-refractivity contribution < 1.29 is 27.4 Å². The van der Waals surface area contributed by atoms with E-state index in [-0.39, 0.29) is 30.0 Å². The minimum absolute atomic E-state index is 0.0114. The van der Waals surface area contributed by atoms with Gasteiger partial charge in [0.1, 0.15) is 17.3 Å². The SMILES string of the molecule is O=C(CS(=O)(=O)N1CC(O)C1)c1cc(C2CC2)c(OCC23CC4CC(CC(C4)C2)C3)cc1F. The lowest BCUT2D eigenvalue weighted by molar-refractivity contribution is -0.0747. The van der Waals surface area contributed by atoms with Gasteiger partial charge in [-0.05, 0) is 86.7 Å². The van der Waals surface area contributed by atoms with Crippen LogP contribution in [0.15, 0.2) is 12.1 Å². The highest BCUT2D eigenvalue weighted by Crippen LogP contribution is 2.60. The molecule has 1 aromatic carbocycles. The predicted octanol–water partition coefficient (Wildman–Crippen LogP) is 3.49. The van der Waals surface area contributed by atoms with Gasteiger partial charge in [-0.2, -0.15) is 4.31 Å². The van der Waals surface area contributed by atoms with Gasteiger partial charge >= 0.3 is 0 Å². The Labute approximate surface area is 194 Å². The van der Waals surface area contributed by atoms with Gasteiger partial charge in [-0.15, -0.1) is 0 Å². The largest absolute Gasteiger partial charge is 0.493 e. The van der Waals surface area contributed by atoms with E-state index in [0.717, 1.165) is 40.5 Å². The van der Waals surface area contributed by atoms with E-state index < -0.39 is 33.5 Å². The summed E-state index contributed by atoms with van der Waals surface area (Å²) in [6, 6.07) is 2.84. The van der Waals surface area contributed by atoms with E-state index in [0.29, 0.717) is 12.4 Å². The molecular formula is C25H32FNO5S. The summed E-state index contributed by atoms with van der Waals surface area (Å²) < 4.78 is 47.2. The lowest BCUT2D eigenvalue weighted by atomic mass is 9.50. The maximum absolute atomic E-state index is 15.0. The Hall–Kier alpha value is -1.51. The van der Waals surface area contributed by atoms with Gasteiger partial charge in [-0.25, -0.2) is 12.8 Å². The van der Waals surface area contributed by atoms with Crippen molar-refractivity contribution in [1.29, 1.82) is 0 Å². The van der Waals surface area contributed by atoms with Gasteiger partial charge in [0, 0.05) is 24.6 Å². The number of sulfonamides is 1. The van der Waals surface area contributed by atoms with Crippen molar-refractivity contribution in [3.8, 4) is 5.75 Å². The number of benzene rings is 1. The molecule has 8 heteroatoms. The maximum Gasteiger partial charge on any atom is 0.221 e. The van der Waals surface area contributed by atoms with Crippen LogP contribution in [0, 0.1) is 29.0 Å². The number of carbonyl (C=O) groups excluding carboxylic acids is 1. The molecule has 6 fully saturated rings. The first kappa shape index (κ1) is 22.0. The van der Waals surface area contributed by atoms with Crippen molar-refractivity contribution in [1.82, 2.24) is 4.31 Å². The predicted molar refractivity (Wildman–Crippen MR) is 120 cm³/mol. The minimum atomic E-state index is -3.86. The van der Waals surface area contributed by atoms with Crippen LogP contribution in [0.3, 0.4) is 0 Å². The highest BCUT2D eigenvalue weighted by Gasteiger charge is 2.51. The van der Waals surface area contributed by atoms with Crippen molar-refractivity contribution in [2.45, 2.75) is 63.4 Å². The molecule has 0 amide bonds. The van der Waals surface area contributed by atoms with Crippen molar-refractivity contribution in [3.63, 3.8) is 0 Å². The number of Topliss-reactive ketones (excluding diaryl/α,β-unsaturated/α-hetero) is 1. The van der Waals surface area contributed by atoms with Gasteiger partial charge in [0.25, 0.3) is 0 Å². The zero-order chi connectivity index (χ0) is 23.0. The van der Waals surface area contributed by atoms with E-state index in [1.54, 1.807) is 0 Å². The third-order valence-corrected chi connectivity index (χ3v) is 10.4. The van der Waals surface area contributed by atoms with Crippen LogP contribution in [0.4, 0.5) is 4.39 Å². The highest BCUT2D eigenvalue weighted by atomic mass is 32.2. The summed E-state index contributed by atoms with van der Waals surface area (Å²) in [6.45, 7) is 0.583. The summed E-state index contributed by atoms with van der Waals surface area (Å²) in [5, 5.41) is 9.36. The van der Waals surface area contributed by atoms with Gasteiger partial charge < -0.3 is 9.84 Å². The zero-order valence-corrected chi connectivity index (χ0v) is 19.7. The highest BCUT2D eigenvalue weighted by molar-refractivity contribution is 7.89. The molecule has 0 aromatic heterocycles. The molecule has 0 atom stereocenters. The molecule has 0 unspecified atom stereocenters. The van der Waals surface area contributed by atoms with Crippen LogP contribution in [0.5, 0.6) is 5.75 Å². The van der Waals surface area contributed by atoms with Crippen molar-refractivity contribution in [2.24, 2.45) is 23.2 Å². The molecule has 5 saturated carbocycles. The lowest BCUT2D eigenvalue weighted by Crippen LogP contribution is -2.54. The van der Waals surface area contributed by atoms with E-state index in [2.05, 4.69) is 0 Å². The molecule has 5 aliphatic carbocycles. The Kier molecular flexibility index (Phi) is 5.16. The number of hydrogen-bond acceptors (Lipinski definition) is 5. The van der Waals surface area contributed by atoms with E-state index in [1.807, 2.05) is 0 Å². The average Bonchev–Trinajstić information content (AvgIpc) is 3.53. The summed E-state index contributed by atoms with van der Waals surface area (Å²) >= 11 is 0. The summed E-state index contributed by atoms with van der Waals surface area (Å²) in [6.07, 6.45) is 8.94. The number of nitrogens with zero attached hydrogens (tertiary/aromatic N) is 1. The number of aliphatic hydroxyl groups is 1. The van der Waals surface area contributed by atoms with Gasteiger partial charge in [0.05, 0.1) is 18.3 Å². The van der Waals surface area contributed by atoms with Crippen LogP contribution in [0.2, 0.25) is 0 Å². The third kappa shape index (κ3) is 4.12. The molecule has 1 heterocycles. The molecule has 1 aliphatic heterocycles. The van der Waals surface area contributed by atoms with Crippen molar-refractivity contribution in [2.75, 3.05) is 25.4 Å². The molecular weight excluding hydrogens is 445 g/mol. The summed E-state index contributed by atoms with van der Waals surface area (Å²) in [7, 11) is -3.86. The Morgan fingerprint density at radius 1 is 1.09 bits per heavy atom. The van der Waals surface area contributed by atoms with E-state index in [9.17, 15) is 18.3 Å². The molecule has 4 bridgehead atoms. The van der Waals surface area contributed by atoms with E-state index in [4.69, 9.17) is 4.74 Å². The fourth-order valence-corrected chi connectivity index (χ4v) is 8.77. The number of rotatable bonds is 8. The Morgan fingerprint density at radius 3 is 2.24 bits per heavy atom. The Morgan fingerprint density at radius 2 is 1.70 bits per heavy atom. The van der Waals surface area contributed by atoms with E-state index >= 15 is 4.39 Å². The van der Waals surface area contributed by atoms with Crippen LogP contribution in [0.1, 0.15) is 73.2 Å². The average molecular weight is 478 g/mol. The molecule has 0 radical (unpaired) electrons. The molecule has 1 N–H and O–H groups in total. The zero-order valence-electron chi connectivity index (χ0n) is 18.8. The Balaban J connectivity index is 1.20. The summed E-state index contributed by atoms with van der Waals surface area (Å²) in [5.41, 5.74) is 0.862.